The Labute approximate surface area is 123 Å². The summed E-state index contributed by atoms with van der Waals surface area (Å²) in [6.45, 7) is 1.01. The Morgan fingerprint density at radius 3 is 2.50 bits per heavy atom. The van der Waals surface area contributed by atoms with Gasteiger partial charge in [-0.3, -0.25) is 0 Å². The molecular formula is C14H12BrFN2O2. The summed E-state index contributed by atoms with van der Waals surface area (Å²) in [6, 6.07) is 8.23. The molecule has 20 heavy (non-hydrogen) atoms. The summed E-state index contributed by atoms with van der Waals surface area (Å²) in [6.07, 6.45) is 0. The van der Waals surface area contributed by atoms with Crippen LogP contribution in [-0.4, -0.2) is 13.2 Å². The topological polar surface area (TPSA) is 56.5 Å². The van der Waals surface area contributed by atoms with Gasteiger partial charge < -0.3 is 20.5 Å². The summed E-state index contributed by atoms with van der Waals surface area (Å²) in [4.78, 5) is 0. The van der Waals surface area contributed by atoms with Crippen LogP contribution in [0.5, 0.6) is 11.5 Å². The molecule has 0 unspecified atom stereocenters. The molecule has 0 radical (unpaired) electrons. The molecule has 3 N–H and O–H groups in total. The average Bonchev–Trinajstić information content (AvgIpc) is 2.44. The highest BCUT2D eigenvalue weighted by molar-refractivity contribution is 9.10. The summed E-state index contributed by atoms with van der Waals surface area (Å²) in [5, 5.41) is 3.07. The van der Waals surface area contributed by atoms with Gasteiger partial charge >= 0.3 is 0 Å². The zero-order valence-corrected chi connectivity index (χ0v) is 12.0. The van der Waals surface area contributed by atoms with Gasteiger partial charge in [0.1, 0.15) is 19.0 Å². The Morgan fingerprint density at radius 2 is 1.80 bits per heavy atom. The lowest BCUT2D eigenvalue weighted by Crippen LogP contribution is -2.15. The Bertz CT molecular complexity index is 664. The van der Waals surface area contributed by atoms with Crippen LogP contribution in [0.25, 0.3) is 0 Å². The number of nitrogens with two attached hydrogens (primary N) is 1. The van der Waals surface area contributed by atoms with Gasteiger partial charge in [-0.05, 0) is 34.1 Å². The number of hydrogen-bond donors (Lipinski definition) is 2. The first-order valence-electron chi connectivity index (χ1n) is 6.04. The van der Waals surface area contributed by atoms with E-state index in [0.29, 0.717) is 46.2 Å². The monoisotopic (exact) mass is 338 g/mol. The average molecular weight is 339 g/mol. The highest BCUT2D eigenvalue weighted by Gasteiger charge is 2.15. The lowest BCUT2D eigenvalue weighted by atomic mass is 10.2. The number of rotatable bonds is 2. The molecule has 6 heteroatoms. The highest BCUT2D eigenvalue weighted by Crippen LogP contribution is 2.38. The van der Waals surface area contributed by atoms with Crippen molar-refractivity contribution in [1.29, 1.82) is 0 Å². The minimum Gasteiger partial charge on any atom is -0.486 e. The van der Waals surface area contributed by atoms with Crippen LogP contribution in [0.1, 0.15) is 0 Å². The summed E-state index contributed by atoms with van der Waals surface area (Å²) in [5.41, 5.74) is 7.73. The van der Waals surface area contributed by atoms with Gasteiger partial charge in [0, 0.05) is 17.8 Å². The first-order chi connectivity index (χ1) is 9.63. The lowest BCUT2D eigenvalue weighted by molar-refractivity contribution is 0.172. The van der Waals surface area contributed by atoms with Gasteiger partial charge in [-0.2, -0.15) is 0 Å². The van der Waals surface area contributed by atoms with Gasteiger partial charge in [-0.1, -0.05) is 0 Å². The standard InChI is InChI=1S/C14H12BrFN2O2/c15-9-2-1-8(5-10(9)16)18-12-7-14-13(6-11(12)17)19-3-4-20-14/h1-2,5-7,18H,3-4,17H2. The Hall–Kier alpha value is -1.95. The van der Waals surface area contributed by atoms with Gasteiger partial charge in [0.2, 0.25) is 0 Å². The van der Waals surface area contributed by atoms with E-state index in [1.165, 1.54) is 6.07 Å². The molecule has 0 saturated carbocycles. The van der Waals surface area contributed by atoms with Gasteiger partial charge in [-0.25, -0.2) is 4.39 Å². The molecule has 0 bridgehead atoms. The second-order valence-electron chi connectivity index (χ2n) is 4.34. The number of hydrogen-bond acceptors (Lipinski definition) is 4. The molecule has 104 valence electrons. The SMILES string of the molecule is Nc1cc2c(cc1Nc1ccc(Br)c(F)c1)OCCO2. The van der Waals surface area contributed by atoms with Crippen molar-refractivity contribution in [2.75, 3.05) is 24.3 Å². The molecule has 0 spiro atoms. The Kier molecular flexibility index (Phi) is 3.40. The molecule has 2 aromatic carbocycles. The van der Waals surface area contributed by atoms with Crippen molar-refractivity contribution in [3.63, 3.8) is 0 Å². The lowest BCUT2D eigenvalue weighted by Gasteiger charge is -2.20. The molecule has 0 aromatic heterocycles. The van der Waals surface area contributed by atoms with Crippen LogP contribution in [0.4, 0.5) is 21.5 Å². The number of anilines is 3. The normalized spacial score (nSPS) is 13.1. The number of fused-ring (bicyclic) bond motifs is 1. The molecule has 0 amide bonds. The molecule has 4 nitrogen and oxygen atoms in total. The van der Waals surface area contributed by atoms with Crippen molar-refractivity contribution >= 4 is 33.0 Å². The fraction of sp³-hybridized carbons (Fsp3) is 0.143. The predicted molar refractivity (Wildman–Crippen MR) is 79.2 cm³/mol. The highest BCUT2D eigenvalue weighted by atomic mass is 79.9. The van der Waals surface area contributed by atoms with E-state index in [1.54, 1.807) is 24.3 Å². The summed E-state index contributed by atoms with van der Waals surface area (Å²) in [7, 11) is 0. The molecule has 1 aliphatic heterocycles. The molecule has 0 fully saturated rings. The molecular weight excluding hydrogens is 327 g/mol. The van der Waals surface area contributed by atoms with E-state index in [2.05, 4.69) is 21.2 Å². The van der Waals surface area contributed by atoms with Crippen LogP contribution in [0, 0.1) is 5.82 Å². The number of benzene rings is 2. The molecule has 2 aromatic rings. The first-order valence-corrected chi connectivity index (χ1v) is 6.84. The van der Waals surface area contributed by atoms with E-state index in [-0.39, 0.29) is 5.82 Å². The molecule has 0 aliphatic carbocycles. The minimum atomic E-state index is -0.342. The van der Waals surface area contributed by atoms with E-state index in [1.807, 2.05) is 0 Å². The predicted octanol–water partition coefficient (Wildman–Crippen LogP) is 3.69. The summed E-state index contributed by atoms with van der Waals surface area (Å²) < 4.78 is 24.9. The molecule has 0 atom stereocenters. The molecule has 1 heterocycles. The maximum atomic E-state index is 13.5. The van der Waals surface area contributed by atoms with Crippen LogP contribution in [0.15, 0.2) is 34.8 Å². The van der Waals surface area contributed by atoms with Crippen LogP contribution < -0.4 is 20.5 Å². The zero-order chi connectivity index (χ0) is 14.1. The maximum Gasteiger partial charge on any atom is 0.163 e. The number of nitrogens with one attached hydrogen (secondary N) is 1. The third kappa shape index (κ3) is 2.51. The molecule has 0 saturated heterocycles. The third-order valence-electron chi connectivity index (χ3n) is 2.91. The van der Waals surface area contributed by atoms with Gasteiger partial charge in [0.15, 0.2) is 11.5 Å². The largest absolute Gasteiger partial charge is 0.486 e. The van der Waals surface area contributed by atoms with Crippen LogP contribution in [0.2, 0.25) is 0 Å². The van der Waals surface area contributed by atoms with E-state index in [9.17, 15) is 4.39 Å². The van der Waals surface area contributed by atoms with E-state index in [4.69, 9.17) is 15.2 Å². The second-order valence-corrected chi connectivity index (χ2v) is 5.19. The van der Waals surface area contributed by atoms with Crippen LogP contribution in [0.3, 0.4) is 0 Å². The quantitative estimate of drug-likeness (QED) is 0.820. The zero-order valence-electron chi connectivity index (χ0n) is 10.5. The smallest absolute Gasteiger partial charge is 0.163 e. The van der Waals surface area contributed by atoms with Crippen LogP contribution >= 0.6 is 15.9 Å². The van der Waals surface area contributed by atoms with Crippen molar-refractivity contribution in [3.8, 4) is 11.5 Å². The van der Waals surface area contributed by atoms with Crippen LogP contribution in [-0.2, 0) is 0 Å². The van der Waals surface area contributed by atoms with Crippen molar-refractivity contribution in [2.45, 2.75) is 0 Å². The van der Waals surface area contributed by atoms with Crippen molar-refractivity contribution in [1.82, 2.24) is 0 Å². The number of halogens is 2. The minimum absolute atomic E-state index is 0.342. The maximum absolute atomic E-state index is 13.5. The summed E-state index contributed by atoms with van der Waals surface area (Å²) in [5.74, 6) is 0.915. The van der Waals surface area contributed by atoms with Gasteiger partial charge in [0.25, 0.3) is 0 Å². The van der Waals surface area contributed by atoms with E-state index < -0.39 is 0 Å². The van der Waals surface area contributed by atoms with Crippen molar-refractivity contribution < 1.29 is 13.9 Å². The first kappa shape index (κ1) is 13.1. The van der Waals surface area contributed by atoms with Gasteiger partial charge in [0.05, 0.1) is 15.8 Å². The Morgan fingerprint density at radius 1 is 1.10 bits per heavy atom. The van der Waals surface area contributed by atoms with Crippen molar-refractivity contribution in [2.24, 2.45) is 0 Å². The fourth-order valence-corrected chi connectivity index (χ4v) is 2.19. The Balaban J connectivity index is 1.92. The third-order valence-corrected chi connectivity index (χ3v) is 3.56. The second kappa shape index (κ2) is 5.20. The van der Waals surface area contributed by atoms with Gasteiger partial charge in [-0.15, -0.1) is 0 Å². The van der Waals surface area contributed by atoms with E-state index in [0.717, 1.165) is 0 Å². The summed E-state index contributed by atoms with van der Waals surface area (Å²) >= 11 is 3.11. The van der Waals surface area contributed by atoms with E-state index >= 15 is 0 Å². The molecule has 3 rings (SSSR count). The number of nitrogen functional groups attached to an aromatic ring is 1. The number of ether oxygens (including phenoxy) is 2. The van der Waals surface area contributed by atoms with Crippen molar-refractivity contribution in [3.05, 3.63) is 40.6 Å². The molecule has 1 aliphatic rings. The fourth-order valence-electron chi connectivity index (χ4n) is 1.94.